The van der Waals surface area contributed by atoms with E-state index in [-0.39, 0.29) is 5.41 Å². The Morgan fingerprint density at radius 2 is 1.53 bits per heavy atom. The van der Waals surface area contributed by atoms with Gasteiger partial charge in [0.2, 0.25) is 0 Å². The van der Waals surface area contributed by atoms with Crippen molar-refractivity contribution in [3.05, 3.63) is 0 Å². The standard InChI is InChI=1S/C12H22O.C2H6/c1-5-12(6-2)8-10(13)7-11(3,4)9-12;1-2/h5-9H2,1-4H3;1-2H3. The van der Waals surface area contributed by atoms with Crippen molar-refractivity contribution in [2.24, 2.45) is 10.8 Å². The monoisotopic (exact) mass is 212 g/mol. The molecule has 0 saturated heterocycles. The molecule has 90 valence electrons. The predicted molar refractivity (Wildman–Crippen MR) is 67.0 cm³/mol. The second kappa shape index (κ2) is 5.67. The molecular weight excluding hydrogens is 184 g/mol. The topological polar surface area (TPSA) is 17.1 Å². The molecule has 0 spiro atoms. The van der Waals surface area contributed by atoms with Gasteiger partial charge in [-0.15, -0.1) is 0 Å². The molecule has 0 aromatic heterocycles. The summed E-state index contributed by atoms with van der Waals surface area (Å²) >= 11 is 0. The van der Waals surface area contributed by atoms with Gasteiger partial charge < -0.3 is 0 Å². The van der Waals surface area contributed by atoms with Crippen molar-refractivity contribution in [1.29, 1.82) is 0 Å². The van der Waals surface area contributed by atoms with Crippen molar-refractivity contribution >= 4 is 5.78 Å². The van der Waals surface area contributed by atoms with Crippen molar-refractivity contribution in [3.63, 3.8) is 0 Å². The zero-order valence-corrected chi connectivity index (χ0v) is 11.4. The van der Waals surface area contributed by atoms with E-state index in [1.165, 1.54) is 6.42 Å². The fourth-order valence-electron chi connectivity index (χ4n) is 2.90. The Morgan fingerprint density at radius 1 is 1.07 bits per heavy atom. The van der Waals surface area contributed by atoms with Crippen molar-refractivity contribution in [2.45, 2.75) is 73.6 Å². The SMILES string of the molecule is CC.CCC1(CC)CC(=O)CC(C)(C)C1. The number of hydrogen-bond donors (Lipinski definition) is 0. The van der Waals surface area contributed by atoms with Gasteiger partial charge in [0, 0.05) is 12.8 Å². The molecular formula is C14H28O. The molecule has 1 fully saturated rings. The third-order valence-electron chi connectivity index (χ3n) is 3.60. The van der Waals surface area contributed by atoms with Gasteiger partial charge >= 0.3 is 0 Å². The maximum absolute atomic E-state index is 11.6. The lowest BCUT2D eigenvalue weighted by Crippen LogP contribution is -2.37. The van der Waals surface area contributed by atoms with Crippen molar-refractivity contribution in [1.82, 2.24) is 0 Å². The van der Waals surface area contributed by atoms with Crippen LogP contribution in [0.15, 0.2) is 0 Å². The normalized spacial score (nSPS) is 22.9. The minimum atomic E-state index is 0.237. The van der Waals surface area contributed by atoms with Gasteiger partial charge in [0.15, 0.2) is 0 Å². The number of carbonyl (C=O) groups is 1. The summed E-state index contributed by atoms with van der Waals surface area (Å²) in [6.45, 7) is 12.9. The van der Waals surface area contributed by atoms with E-state index in [1.54, 1.807) is 0 Å². The van der Waals surface area contributed by atoms with Crippen molar-refractivity contribution in [2.75, 3.05) is 0 Å². The molecule has 0 N–H and O–H groups in total. The summed E-state index contributed by atoms with van der Waals surface area (Å²) in [5, 5.41) is 0. The van der Waals surface area contributed by atoms with Gasteiger partial charge in [0.05, 0.1) is 0 Å². The van der Waals surface area contributed by atoms with Crippen LogP contribution in [0.2, 0.25) is 0 Å². The van der Waals surface area contributed by atoms with Gasteiger partial charge in [-0.25, -0.2) is 0 Å². The fourth-order valence-corrected chi connectivity index (χ4v) is 2.90. The first-order valence-electron chi connectivity index (χ1n) is 6.45. The molecule has 1 aliphatic rings. The molecule has 0 heterocycles. The summed E-state index contributed by atoms with van der Waals surface area (Å²) in [7, 11) is 0. The van der Waals surface area contributed by atoms with E-state index in [0.717, 1.165) is 25.7 Å². The van der Waals surface area contributed by atoms with E-state index >= 15 is 0 Å². The largest absolute Gasteiger partial charge is 0.300 e. The van der Waals surface area contributed by atoms with Crippen LogP contribution in [0.1, 0.15) is 73.6 Å². The van der Waals surface area contributed by atoms with Crippen LogP contribution < -0.4 is 0 Å². The lowest BCUT2D eigenvalue weighted by atomic mass is 9.61. The number of rotatable bonds is 2. The Morgan fingerprint density at radius 3 is 1.87 bits per heavy atom. The number of Topliss-reactive ketones (excluding diaryl/α,β-unsaturated/α-hetero) is 1. The van der Waals surface area contributed by atoms with Crippen LogP contribution in [-0.4, -0.2) is 5.78 Å². The Labute approximate surface area is 95.6 Å². The van der Waals surface area contributed by atoms with Crippen LogP contribution in [0, 0.1) is 10.8 Å². The lowest BCUT2D eigenvalue weighted by molar-refractivity contribution is -0.128. The van der Waals surface area contributed by atoms with Crippen LogP contribution in [0.3, 0.4) is 0 Å². The van der Waals surface area contributed by atoms with Gasteiger partial charge in [0.1, 0.15) is 5.78 Å². The molecule has 1 aliphatic carbocycles. The highest BCUT2D eigenvalue weighted by atomic mass is 16.1. The van der Waals surface area contributed by atoms with Crippen molar-refractivity contribution in [3.8, 4) is 0 Å². The Kier molecular flexibility index (Phi) is 5.55. The fraction of sp³-hybridized carbons (Fsp3) is 0.929. The van der Waals surface area contributed by atoms with E-state index in [4.69, 9.17) is 0 Å². The molecule has 1 nitrogen and oxygen atoms in total. The maximum Gasteiger partial charge on any atom is 0.133 e. The molecule has 0 amide bonds. The number of hydrogen-bond acceptors (Lipinski definition) is 1. The molecule has 1 saturated carbocycles. The van der Waals surface area contributed by atoms with Crippen LogP contribution >= 0.6 is 0 Å². The molecule has 0 aromatic carbocycles. The third kappa shape index (κ3) is 3.96. The van der Waals surface area contributed by atoms with Crippen LogP contribution in [0.4, 0.5) is 0 Å². The second-order valence-electron chi connectivity index (χ2n) is 5.44. The van der Waals surface area contributed by atoms with Gasteiger partial charge in [-0.2, -0.15) is 0 Å². The Bertz CT molecular complexity index is 199. The van der Waals surface area contributed by atoms with Crippen LogP contribution in [0.5, 0.6) is 0 Å². The van der Waals surface area contributed by atoms with Crippen molar-refractivity contribution < 1.29 is 4.79 Å². The molecule has 15 heavy (non-hydrogen) atoms. The van der Waals surface area contributed by atoms with E-state index in [1.807, 2.05) is 13.8 Å². The first kappa shape index (κ1) is 14.7. The molecule has 0 aliphatic heterocycles. The third-order valence-corrected chi connectivity index (χ3v) is 3.60. The van der Waals surface area contributed by atoms with E-state index in [2.05, 4.69) is 27.7 Å². The average Bonchev–Trinajstić information content (AvgIpc) is 2.18. The maximum atomic E-state index is 11.6. The minimum absolute atomic E-state index is 0.237. The molecule has 0 radical (unpaired) electrons. The van der Waals surface area contributed by atoms with Gasteiger partial charge in [-0.1, -0.05) is 54.4 Å². The smallest absolute Gasteiger partial charge is 0.133 e. The summed E-state index contributed by atoms with van der Waals surface area (Å²) in [5.74, 6) is 0.472. The number of ketones is 1. The molecule has 0 unspecified atom stereocenters. The summed E-state index contributed by atoms with van der Waals surface area (Å²) in [5.41, 5.74) is 0.556. The Balaban J connectivity index is 0.000000921. The van der Waals surface area contributed by atoms with Gasteiger partial charge in [0.25, 0.3) is 0 Å². The lowest BCUT2D eigenvalue weighted by Gasteiger charge is -2.43. The summed E-state index contributed by atoms with van der Waals surface area (Å²) < 4.78 is 0. The molecule has 1 rings (SSSR count). The second-order valence-corrected chi connectivity index (χ2v) is 5.44. The highest BCUT2D eigenvalue weighted by Gasteiger charge is 2.41. The molecule has 0 aromatic rings. The van der Waals surface area contributed by atoms with Crippen LogP contribution in [0.25, 0.3) is 0 Å². The summed E-state index contributed by atoms with van der Waals surface area (Å²) in [4.78, 5) is 11.6. The summed E-state index contributed by atoms with van der Waals surface area (Å²) in [6.07, 6.45) is 5.13. The quantitative estimate of drug-likeness (QED) is 0.654. The van der Waals surface area contributed by atoms with Crippen LogP contribution in [-0.2, 0) is 4.79 Å². The summed E-state index contributed by atoms with van der Waals surface area (Å²) in [6, 6.07) is 0. The highest BCUT2D eigenvalue weighted by Crippen LogP contribution is 2.48. The Hall–Kier alpha value is -0.330. The minimum Gasteiger partial charge on any atom is -0.300 e. The molecule has 0 bridgehead atoms. The van der Waals surface area contributed by atoms with Gasteiger partial charge in [-0.3, -0.25) is 4.79 Å². The van der Waals surface area contributed by atoms with E-state index in [0.29, 0.717) is 11.2 Å². The first-order chi connectivity index (χ1) is 6.93. The van der Waals surface area contributed by atoms with E-state index < -0.39 is 0 Å². The first-order valence-corrected chi connectivity index (χ1v) is 6.45. The molecule has 0 atom stereocenters. The zero-order valence-electron chi connectivity index (χ0n) is 11.4. The average molecular weight is 212 g/mol. The number of carbonyl (C=O) groups excluding carboxylic acids is 1. The zero-order chi connectivity index (χ0) is 12.1. The van der Waals surface area contributed by atoms with E-state index in [9.17, 15) is 4.79 Å². The van der Waals surface area contributed by atoms with Gasteiger partial charge in [-0.05, 0) is 17.3 Å². The predicted octanol–water partition coefficient (Wildman–Crippen LogP) is 4.60. The molecule has 1 heteroatoms. The highest BCUT2D eigenvalue weighted by molar-refractivity contribution is 5.80.